The molecule has 0 aromatic rings. The Hall–Kier alpha value is 0.920. The third-order valence-corrected chi connectivity index (χ3v) is 1.53. The summed E-state index contributed by atoms with van der Waals surface area (Å²) in [5.41, 5.74) is 0. The van der Waals surface area contributed by atoms with E-state index in [1.54, 1.807) is 0 Å². The summed E-state index contributed by atoms with van der Waals surface area (Å²) >= 11 is 3.36. The molecule has 0 saturated heterocycles. The predicted molar refractivity (Wildman–Crippen MR) is 42.4 cm³/mol. The number of alkyl halides is 1. The lowest BCUT2D eigenvalue weighted by Gasteiger charge is -2.10. The van der Waals surface area contributed by atoms with Gasteiger partial charge in [-0.15, -0.1) is 17.0 Å². The molecular weight excluding hydrogens is 222 g/mol. The zero-order valence-corrected chi connectivity index (χ0v) is 8.11. The second kappa shape index (κ2) is 5.06. The van der Waals surface area contributed by atoms with Gasteiger partial charge in [0.25, 0.3) is 0 Å². The number of halogens is 2. The summed E-state index contributed by atoms with van der Waals surface area (Å²) in [7, 11) is 4.05. The molecule has 0 aliphatic carbocycles. The van der Waals surface area contributed by atoms with Crippen LogP contribution >= 0.6 is 32.9 Å². The Labute approximate surface area is 64.0 Å². The summed E-state index contributed by atoms with van der Waals surface area (Å²) in [5.74, 6) is 0. The fourth-order valence-electron chi connectivity index (χ4n) is 0. The molecule has 0 aliphatic heterocycles. The van der Waals surface area contributed by atoms with Crippen molar-refractivity contribution in [3.05, 3.63) is 0 Å². The van der Waals surface area contributed by atoms with Gasteiger partial charge in [-0.05, 0) is 21.0 Å². The monoisotopic (exact) mass is 231 g/mol. The Bertz CT molecular complexity index is 30.7. The first-order valence-electron chi connectivity index (χ1n) is 1.95. The molecule has 1 atom stereocenters. The number of hydrogen-bond donors (Lipinski definition) is 0. The zero-order valence-electron chi connectivity index (χ0n) is 4.81. The van der Waals surface area contributed by atoms with Crippen molar-refractivity contribution in [2.45, 2.75) is 11.9 Å². The molecule has 0 aliphatic rings. The van der Waals surface area contributed by atoms with E-state index in [0.29, 0.717) is 4.95 Å². The topological polar surface area (TPSA) is 3.24 Å². The van der Waals surface area contributed by atoms with Gasteiger partial charge in [0, 0.05) is 0 Å². The standard InChI is InChI=1S/C4H10BrN.BrH/c1-4(5)6(2)3;/h4H,1-3H3;1H. The van der Waals surface area contributed by atoms with Gasteiger partial charge in [-0.2, -0.15) is 0 Å². The van der Waals surface area contributed by atoms with Gasteiger partial charge in [-0.3, -0.25) is 4.90 Å². The SMILES string of the molecule is Br.CC(Br)N(C)C. The third kappa shape index (κ3) is 6.92. The van der Waals surface area contributed by atoms with E-state index in [9.17, 15) is 0 Å². The molecule has 0 saturated carbocycles. The van der Waals surface area contributed by atoms with Crippen LogP contribution < -0.4 is 0 Å². The summed E-state index contributed by atoms with van der Waals surface area (Å²) in [6.07, 6.45) is 0. The number of rotatable bonds is 1. The highest BCUT2D eigenvalue weighted by Gasteiger charge is 1.92. The molecule has 0 heterocycles. The summed E-state index contributed by atoms with van der Waals surface area (Å²) in [5, 5.41) is 0. The van der Waals surface area contributed by atoms with E-state index in [4.69, 9.17) is 0 Å². The molecule has 0 amide bonds. The van der Waals surface area contributed by atoms with Gasteiger partial charge in [0.1, 0.15) is 0 Å². The maximum absolute atomic E-state index is 3.36. The molecule has 0 radical (unpaired) electrons. The van der Waals surface area contributed by atoms with Crippen molar-refractivity contribution in [3.8, 4) is 0 Å². The quantitative estimate of drug-likeness (QED) is 0.493. The second-order valence-corrected chi connectivity index (χ2v) is 2.86. The number of hydrogen-bond acceptors (Lipinski definition) is 1. The molecule has 46 valence electrons. The van der Waals surface area contributed by atoms with Crippen molar-refractivity contribution in [2.75, 3.05) is 14.1 Å². The van der Waals surface area contributed by atoms with E-state index in [1.807, 2.05) is 14.1 Å². The van der Waals surface area contributed by atoms with Crippen molar-refractivity contribution >= 4 is 32.9 Å². The maximum Gasteiger partial charge on any atom is 0.0622 e. The van der Waals surface area contributed by atoms with Gasteiger partial charge < -0.3 is 0 Å². The zero-order chi connectivity index (χ0) is 5.15. The van der Waals surface area contributed by atoms with Crippen molar-refractivity contribution in [3.63, 3.8) is 0 Å². The molecular formula is C4H11Br2N. The maximum atomic E-state index is 3.36. The van der Waals surface area contributed by atoms with Crippen molar-refractivity contribution in [1.82, 2.24) is 4.90 Å². The Morgan fingerprint density at radius 1 is 1.43 bits per heavy atom. The average Bonchev–Trinajstić information content (AvgIpc) is 1.36. The molecule has 0 bridgehead atoms. The van der Waals surface area contributed by atoms with Crippen LogP contribution in [0.4, 0.5) is 0 Å². The van der Waals surface area contributed by atoms with Gasteiger partial charge in [-0.25, -0.2) is 0 Å². The highest BCUT2D eigenvalue weighted by atomic mass is 79.9. The van der Waals surface area contributed by atoms with Crippen LogP contribution in [-0.4, -0.2) is 23.9 Å². The molecule has 7 heavy (non-hydrogen) atoms. The van der Waals surface area contributed by atoms with Gasteiger partial charge in [-0.1, -0.05) is 15.9 Å². The van der Waals surface area contributed by atoms with E-state index >= 15 is 0 Å². The molecule has 1 unspecified atom stereocenters. The predicted octanol–water partition coefficient (Wildman–Crippen LogP) is 1.87. The summed E-state index contributed by atoms with van der Waals surface area (Å²) < 4.78 is 0. The minimum absolute atomic E-state index is 0. The van der Waals surface area contributed by atoms with Crippen LogP contribution in [-0.2, 0) is 0 Å². The molecule has 0 spiro atoms. The smallest absolute Gasteiger partial charge is 0.0622 e. The van der Waals surface area contributed by atoms with Crippen LogP contribution in [0, 0.1) is 0 Å². The van der Waals surface area contributed by atoms with Crippen LogP contribution in [0.2, 0.25) is 0 Å². The lowest BCUT2D eigenvalue weighted by molar-refractivity contribution is 0.409. The molecule has 3 heteroatoms. The Morgan fingerprint density at radius 2 is 1.57 bits per heavy atom. The first kappa shape index (κ1) is 10.8. The van der Waals surface area contributed by atoms with E-state index < -0.39 is 0 Å². The second-order valence-electron chi connectivity index (χ2n) is 1.54. The van der Waals surface area contributed by atoms with Gasteiger partial charge in [0.05, 0.1) is 4.95 Å². The molecule has 0 rings (SSSR count). The first-order valence-corrected chi connectivity index (χ1v) is 2.86. The molecule has 0 fully saturated rings. The number of nitrogens with zero attached hydrogens (tertiary/aromatic N) is 1. The van der Waals surface area contributed by atoms with Crippen molar-refractivity contribution < 1.29 is 0 Å². The van der Waals surface area contributed by atoms with Crippen LogP contribution in [0.5, 0.6) is 0 Å². The van der Waals surface area contributed by atoms with Gasteiger partial charge in [0.15, 0.2) is 0 Å². The largest absolute Gasteiger partial charge is 0.297 e. The fourth-order valence-corrected chi connectivity index (χ4v) is 0. The summed E-state index contributed by atoms with van der Waals surface area (Å²) in [4.78, 5) is 2.58. The van der Waals surface area contributed by atoms with Gasteiger partial charge >= 0.3 is 0 Å². The van der Waals surface area contributed by atoms with Gasteiger partial charge in [0.2, 0.25) is 0 Å². The lowest BCUT2D eigenvalue weighted by atomic mass is 10.7. The van der Waals surface area contributed by atoms with Crippen LogP contribution in [0.25, 0.3) is 0 Å². The van der Waals surface area contributed by atoms with Crippen LogP contribution in [0.1, 0.15) is 6.92 Å². The van der Waals surface area contributed by atoms with E-state index in [-0.39, 0.29) is 17.0 Å². The highest BCUT2D eigenvalue weighted by Crippen LogP contribution is 1.97. The van der Waals surface area contributed by atoms with Crippen LogP contribution in [0.3, 0.4) is 0 Å². The van der Waals surface area contributed by atoms with E-state index in [2.05, 4.69) is 27.8 Å². The molecule has 0 N–H and O–H groups in total. The average molecular weight is 233 g/mol. The molecule has 1 nitrogen and oxygen atoms in total. The minimum Gasteiger partial charge on any atom is -0.297 e. The third-order valence-electron chi connectivity index (χ3n) is 0.712. The Balaban J connectivity index is 0. The van der Waals surface area contributed by atoms with Crippen molar-refractivity contribution in [2.24, 2.45) is 0 Å². The molecule has 0 aromatic heterocycles. The normalized spacial score (nSPS) is 13.3. The highest BCUT2D eigenvalue weighted by molar-refractivity contribution is 9.09. The van der Waals surface area contributed by atoms with E-state index in [0.717, 1.165) is 0 Å². The molecule has 0 aromatic carbocycles. The summed E-state index contributed by atoms with van der Waals surface area (Å²) in [6.45, 7) is 2.08. The first-order chi connectivity index (χ1) is 2.64. The minimum atomic E-state index is 0. The van der Waals surface area contributed by atoms with E-state index in [1.165, 1.54) is 0 Å². The Kier molecular flexibility index (Phi) is 7.83. The lowest BCUT2D eigenvalue weighted by Crippen LogP contribution is -2.17. The van der Waals surface area contributed by atoms with Crippen molar-refractivity contribution in [1.29, 1.82) is 0 Å². The fraction of sp³-hybridized carbons (Fsp3) is 1.00. The summed E-state index contributed by atoms with van der Waals surface area (Å²) in [6, 6.07) is 0. The van der Waals surface area contributed by atoms with Crippen LogP contribution in [0.15, 0.2) is 0 Å². The Morgan fingerprint density at radius 3 is 1.57 bits per heavy atom.